The van der Waals surface area contributed by atoms with Gasteiger partial charge in [0, 0.05) is 36.8 Å². The van der Waals surface area contributed by atoms with E-state index in [9.17, 15) is 14.0 Å². The number of para-hydroxylation sites is 1. The minimum absolute atomic E-state index is 0.102. The zero-order valence-corrected chi connectivity index (χ0v) is 18.4. The summed E-state index contributed by atoms with van der Waals surface area (Å²) in [4.78, 5) is 32.5. The van der Waals surface area contributed by atoms with Crippen molar-refractivity contribution in [3.8, 4) is 11.1 Å². The van der Waals surface area contributed by atoms with Crippen molar-refractivity contribution in [2.24, 2.45) is 0 Å². The summed E-state index contributed by atoms with van der Waals surface area (Å²) in [5.41, 5.74) is 2.27. The zero-order valence-electron chi connectivity index (χ0n) is 17.6. The molecule has 4 rings (SSSR count). The van der Waals surface area contributed by atoms with Crippen molar-refractivity contribution in [1.29, 1.82) is 0 Å². The molecule has 0 atom stereocenters. The van der Waals surface area contributed by atoms with E-state index in [2.05, 4.69) is 15.2 Å². The normalized spacial score (nSPS) is 10.9. The first kappa shape index (κ1) is 21.7. The minimum Gasteiger partial charge on any atom is -0.375 e. The quantitative estimate of drug-likeness (QED) is 0.414. The smallest absolute Gasteiger partial charge is 0.263 e. The number of carbonyl (C=O) groups excluding carboxylic acids is 1. The van der Waals surface area contributed by atoms with E-state index in [0.29, 0.717) is 22.3 Å². The molecule has 0 aliphatic rings. The maximum Gasteiger partial charge on any atom is 0.263 e. The van der Waals surface area contributed by atoms with Crippen LogP contribution in [0.4, 0.5) is 10.1 Å². The fraction of sp³-hybridized carbons (Fsp3) is 0.208. The summed E-state index contributed by atoms with van der Waals surface area (Å²) in [6.07, 6.45) is 2.18. The average molecular weight is 451 g/mol. The number of thiophene rings is 1. The fourth-order valence-electron chi connectivity index (χ4n) is 3.49. The van der Waals surface area contributed by atoms with Gasteiger partial charge in [-0.2, -0.15) is 0 Å². The molecular weight excluding hydrogens is 427 g/mol. The van der Waals surface area contributed by atoms with E-state index in [4.69, 9.17) is 0 Å². The molecule has 1 amide bonds. The number of halogens is 1. The van der Waals surface area contributed by atoms with Gasteiger partial charge in [0.2, 0.25) is 5.91 Å². The lowest BCUT2D eigenvalue weighted by Gasteiger charge is -2.19. The van der Waals surface area contributed by atoms with Crippen molar-refractivity contribution in [2.75, 3.05) is 25.0 Å². The number of benzene rings is 2. The van der Waals surface area contributed by atoms with E-state index in [0.717, 1.165) is 24.2 Å². The van der Waals surface area contributed by atoms with E-state index >= 15 is 0 Å². The molecule has 0 fully saturated rings. The highest BCUT2D eigenvalue weighted by molar-refractivity contribution is 7.17. The van der Waals surface area contributed by atoms with Gasteiger partial charge < -0.3 is 10.2 Å². The largest absolute Gasteiger partial charge is 0.375 e. The number of hydrogen-bond donors (Lipinski definition) is 1. The number of nitrogens with one attached hydrogen (secondary N) is 1. The minimum atomic E-state index is -0.338. The van der Waals surface area contributed by atoms with E-state index in [1.165, 1.54) is 34.4 Å². The molecule has 0 aliphatic heterocycles. The summed E-state index contributed by atoms with van der Waals surface area (Å²) >= 11 is 1.35. The Morgan fingerprint density at radius 3 is 2.66 bits per heavy atom. The van der Waals surface area contributed by atoms with Crippen LogP contribution >= 0.6 is 11.3 Å². The van der Waals surface area contributed by atoms with E-state index in [1.54, 1.807) is 12.1 Å². The second-order valence-corrected chi connectivity index (χ2v) is 8.33. The van der Waals surface area contributed by atoms with Gasteiger partial charge in [-0.05, 0) is 36.2 Å². The first-order chi connectivity index (χ1) is 15.5. The standard InChI is InChI=1S/C24H23FN4O2S/c1-28(19-6-3-2-4-7-19)13-5-12-26-21(30)14-29-16-27-23-22(24(29)31)20(15-32-23)17-8-10-18(25)11-9-17/h2-4,6-11,15-16H,5,12-14H2,1H3,(H,26,30). The lowest BCUT2D eigenvalue weighted by Crippen LogP contribution is -2.34. The topological polar surface area (TPSA) is 67.2 Å². The third-order valence-corrected chi connectivity index (χ3v) is 6.11. The van der Waals surface area contributed by atoms with Crippen molar-refractivity contribution < 1.29 is 9.18 Å². The van der Waals surface area contributed by atoms with Gasteiger partial charge in [-0.15, -0.1) is 11.3 Å². The van der Waals surface area contributed by atoms with Gasteiger partial charge in [-0.25, -0.2) is 9.37 Å². The van der Waals surface area contributed by atoms with Gasteiger partial charge in [-0.1, -0.05) is 30.3 Å². The molecule has 32 heavy (non-hydrogen) atoms. The first-order valence-corrected chi connectivity index (χ1v) is 11.2. The molecule has 4 aromatic rings. The highest BCUT2D eigenvalue weighted by Gasteiger charge is 2.15. The van der Waals surface area contributed by atoms with Crippen molar-refractivity contribution in [3.63, 3.8) is 0 Å². The molecule has 0 aliphatic carbocycles. The van der Waals surface area contributed by atoms with Crippen molar-refractivity contribution >= 4 is 33.1 Å². The molecule has 6 nitrogen and oxygen atoms in total. The molecule has 0 saturated carbocycles. The third kappa shape index (κ3) is 4.86. The monoisotopic (exact) mass is 450 g/mol. The molecule has 1 N–H and O–H groups in total. The molecule has 0 spiro atoms. The van der Waals surface area contributed by atoms with E-state index in [-0.39, 0.29) is 23.8 Å². The molecule has 0 unspecified atom stereocenters. The number of rotatable bonds is 8. The summed E-state index contributed by atoms with van der Waals surface area (Å²) in [6.45, 7) is 1.21. The van der Waals surface area contributed by atoms with E-state index in [1.807, 2.05) is 42.8 Å². The SMILES string of the molecule is CN(CCCNC(=O)Cn1cnc2scc(-c3ccc(F)cc3)c2c1=O)c1ccccc1. The summed E-state index contributed by atoms with van der Waals surface area (Å²) in [7, 11) is 2.01. The lowest BCUT2D eigenvalue weighted by molar-refractivity contribution is -0.121. The highest BCUT2D eigenvalue weighted by Crippen LogP contribution is 2.30. The Hall–Kier alpha value is -3.52. The van der Waals surface area contributed by atoms with Crippen LogP contribution in [-0.2, 0) is 11.3 Å². The van der Waals surface area contributed by atoms with Crippen LogP contribution in [0, 0.1) is 5.82 Å². The fourth-order valence-corrected chi connectivity index (χ4v) is 4.39. The molecule has 0 bridgehead atoms. The van der Waals surface area contributed by atoms with Crippen molar-refractivity contribution in [3.05, 3.63) is 82.5 Å². The second-order valence-electron chi connectivity index (χ2n) is 7.47. The van der Waals surface area contributed by atoms with Gasteiger partial charge in [0.1, 0.15) is 17.2 Å². The van der Waals surface area contributed by atoms with E-state index < -0.39 is 0 Å². The number of fused-ring (bicyclic) bond motifs is 1. The summed E-state index contributed by atoms with van der Waals surface area (Å²) in [6, 6.07) is 16.0. The highest BCUT2D eigenvalue weighted by atomic mass is 32.1. The zero-order chi connectivity index (χ0) is 22.5. The predicted octanol–water partition coefficient (Wildman–Crippen LogP) is 3.91. The Labute approximate surface area is 189 Å². The third-order valence-electron chi connectivity index (χ3n) is 5.22. The predicted molar refractivity (Wildman–Crippen MR) is 127 cm³/mol. The maximum atomic E-state index is 13.3. The Morgan fingerprint density at radius 2 is 1.91 bits per heavy atom. The Morgan fingerprint density at radius 1 is 1.16 bits per heavy atom. The van der Waals surface area contributed by atoms with Crippen LogP contribution in [0.1, 0.15) is 6.42 Å². The number of aromatic nitrogens is 2. The average Bonchev–Trinajstić information content (AvgIpc) is 3.24. The van der Waals surface area contributed by atoms with Crippen LogP contribution < -0.4 is 15.8 Å². The lowest BCUT2D eigenvalue weighted by atomic mass is 10.1. The molecular formula is C24H23FN4O2S. The molecule has 0 radical (unpaired) electrons. The van der Waals surface area contributed by atoms with Crippen LogP contribution in [0.15, 0.2) is 71.1 Å². The number of nitrogens with zero attached hydrogens (tertiary/aromatic N) is 3. The molecule has 164 valence electrons. The number of carbonyl (C=O) groups is 1. The Bertz CT molecular complexity index is 1270. The summed E-state index contributed by atoms with van der Waals surface area (Å²) in [5, 5.41) is 5.15. The summed E-state index contributed by atoms with van der Waals surface area (Å²) < 4.78 is 14.6. The van der Waals surface area contributed by atoms with Crippen LogP contribution in [0.5, 0.6) is 0 Å². The molecule has 2 aromatic carbocycles. The van der Waals surface area contributed by atoms with Gasteiger partial charge in [0.15, 0.2) is 0 Å². The molecule has 2 heterocycles. The number of anilines is 1. The Balaban J connectivity index is 1.39. The van der Waals surface area contributed by atoms with Gasteiger partial charge in [-0.3, -0.25) is 14.2 Å². The molecule has 8 heteroatoms. The maximum absolute atomic E-state index is 13.3. The van der Waals surface area contributed by atoms with Crippen molar-refractivity contribution in [2.45, 2.75) is 13.0 Å². The summed E-state index contributed by atoms with van der Waals surface area (Å²) in [5.74, 6) is -0.579. The van der Waals surface area contributed by atoms with Crippen LogP contribution in [0.2, 0.25) is 0 Å². The first-order valence-electron chi connectivity index (χ1n) is 10.3. The second kappa shape index (κ2) is 9.74. The van der Waals surface area contributed by atoms with Gasteiger partial charge in [0.05, 0.1) is 11.7 Å². The molecule has 2 aromatic heterocycles. The van der Waals surface area contributed by atoms with Crippen LogP contribution in [-0.4, -0.2) is 35.6 Å². The van der Waals surface area contributed by atoms with Gasteiger partial charge in [0.25, 0.3) is 5.56 Å². The number of hydrogen-bond acceptors (Lipinski definition) is 5. The van der Waals surface area contributed by atoms with Crippen LogP contribution in [0.3, 0.4) is 0 Å². The van der Waals surface area contributed by atoms with Crippen LogP contribution in [0.25, 0.3) is 21.3 Å². The molecule has 0 saturated heterocycles. The number of amides is 1. The van der Waals surface area contributed by atoms with Gasteiger partial charge >= 0.3 is 0 Å². The Kier molecular flexibility index (Phi) is 6.61. The van der Waals surface area contributed by atoms with Crippen molar-refractivity contribution in [1.82, 2.24) is 14.9 Å².